The van der Waals surface area contributed by atoms with Gasteiger partial charge in [0.25, 0.3) is 0 Å². The summed E-state index contributed by atoms with van der Waals surface area (Å²) in [5, 5.41) is 80.6. The number of carbonyl (C=O) groups excluding carboxylic acids is 16. The number of guanidine groups is 2. The number of fused-ring (bicyclic) bond motifs is 2. The second kappa shape index (κ2) is 56.0. The number of rotatable bonds is 49. The number of hydrogen-bond acceptors (Lipinski definition) is 24. The first-order valence-electron chi connectivity index (χ1n) is 44.1. The van der Waals surface area contributed by atoms with E-state index in [0.29, 0.717) is 69.9 Å². The number of aromatic hydroxyl groups is 1. The minimum absolute atomic E-state index is 0.0209. The van der Waals surface area contributed by atoms with Gasteiger partial charge >= 0.3 is 0 Å². The largest absolute Gasteiger partial charge is 0.508 e. The normalized spacial score (nSPS) is 17.9. The molecule has 7 rings (SSSR count). The molecule has 1 aliphatic heterocycles. The molecule has 0 aliphatic carbocycles. The van der Waals surface area contributed by atoms with Gasteiger partial charge in [0.05, 0.1) is 19.3 Å². The zero-order chi connectivity index (χ0) is 97.8. The molecule has 0 unspecified atom stereocenters. The van der Waals surface area contributed by atoms with E-state index in [0.717, 1.165) is 18.7 Å². The summed E-state index contributed by atoms with van der Waals surface area (Å²) in [4.78, 5) is 235. The predicted molar refractivity (Wildman–Crippen MR) is 497 cm³/mol. The minimum atomic E-state index is -1.85. The van der Waals surface area contributed by atoms with Crippen LogP contribution >= 0.6 is 11.8 Å². The summed E-state index contributed by atoms with van der Waals surface area (Å²) in [6, 6.07) is 9.05. The van der Waals surface area contributed by atoms with Crippen molar-refractivity contribution in [3.8, 4) is 5.75 Å². The highest BCUT2D eigenvalue weighted by molar-refractivity contribution is 7.99. The summed E-state index contributed by atoms with van der Waals surface area (Å²) < 4.78 is 5.38. The third-order valence-corrected chi connectivity index (χ3v) is 22.7. The number of aromatic amines is 2. The van der Waals surface area contributed by atoms with Crippen LogP contribution in [0, 0.1) is 10.8 Å². The van der Waals surface area contributed by atoms with Gasteiger partial charge in [-0.3, -0.25) is 87.5 Å². The van der Waals surface area contributed by atoms with E-state index in [2.05, 4.69) is 95.0 Å². The van der Waals surface area contributed by atoms with E-state index < -0.39 is 223 Å². The fraction of sp³-hybridized carbons (Fsp3) is 0.477. The lowest BCUT2D eigenvalue weighted by Crippen LogP contribution is -2.62. The van der Waals surface area contributed by atoms with Gasteiger partial charge in [0.15, 0.2) is 11.9 Å². The molecule has 0 spiro atoms. The summed E-state index contributed by atoms with van der Waals surface area (Å²) in [7, 11) is 0. The topological polar surface area (TPSA) is 751 Å². The second-order valence-corrected chi connectivity index (χ2v) is 33.4. The van der Waals surface area contributed by atoms with Crippen molar-refractivity contribution < 1.29 is 91.7 Å². The molecular weight excluding hydrogens is 1760 g/mol. The maximum Gasteiger partial charge on any atom is 0.246 e. The van der Waals surface area contributed by atoms with Crippen molar-refractivity contribution in [2.45, 2.75) is 202 Å². The van der Waals surface area contributed by atoms with E-state index in [4.69, 9.17) is 50.0 Å². The Morgan fingerprint density at radius 1 is 0.507 bits per heavy atom. The Labute approximate surface area is 777 Å². The summed E-state index contributed by atoms with van der Waals surface area (Å²) in [6.07, 6.45) is 0.535. The van der Waals surface area contributed by atoms with E-state index in [1.165, 1.54) is 31.2 Å². The fourth-order valence-electron chi connectivity index (χ4n) is 14.5. The van der Waals surface area contributed by atoms with Crippen molar-refractivity contribution in [2.75, 3.05) is 64.0 Å². The zero-order valence-corrected chi connectivity index (χ0v) is 75.6. The molecule has 1 aliphatic rings. The van der Waals surface area contributed by atoms with Crippen LogP contribution in [0.5, 0.6) is 5.75 Å². The maximum atomic E-state index is 15.7. The molecule has 46 heteroatoms. The molecule has 6 aromatic rings. The van der Waals surface area contributed by atoms with E-state index in [-0.39, 0.29) is 115 Å². The molecule has 2 aromatic heterocycles. The Bertz CT molecular complexity index is 5000. The second-order valence-electron chi connectivity index (χ2n) is 32.3. The standard InChI is InChI=1S/C88H126N26O19S/c1-49(115)74-86(132)112-69(43-54-45-101-59-21-9-7-19-57(54)59)84(130)108-64(30-31-71(91)118)79(125)113-70(48-134-39-32-65(103-50(2)116)80(126)106-63(81(127)114-74)25-15-36-99-88(95)96)85(131)110-67(41-52-26-28-55(117)29-27-52)82(128)111-68(42-53-44-100-58-20-8-6-18-56(53)58)83(129)107-62(24-14-35-98-87(93)94)77(123)105-61(23-11-13-34-90)78(124)109-66(40-51-16-4-3-5-17-51)76(122)102-46-72(119)97-37-38-133-47-73(120)104-60(75(92)121)22-10-12-33-89/h3-9,16-21,26-29,44-45,49,60-70,74,100-101,115,117H,10-15,22-25,30-43,46-48,89-90H2,1-2H3,(H2,91,118)(H2,92,121)(H,97,119)(H,102,122)(H,103,116)(H,104,120)(H,105,123)(H,106,126)(H,107,129)(H,108,130)(H,109,124)(H,110,131)(H,111,128)(H,112,132)(H,113,125)(H,114,127)(H4,93,94,98)(H4,95,96,99)/t49-,60-,61+,62+,63+,64+,65+,66+,67+,68+,69+,70+,74+/m1/s1. The van der Waals surface area contributed by atoms with E-state index in [1.54, 1.807) is 91.3 Å². The van der Waals surface area contributed by atoms with Crippen LogP contribution in [0.4, 0.5) is 0 Å². The lowest BCUT2D eigenvalue weighted by molar-refractivity contribution is -0.137. The Kier molecular flexibility index (Phi) is 44.7. The molecule has 728 valence electrons. The van der Waals surface area contributed by atoms with Gasteiger partial charge in [0.2, 0.25) is 94.5 Å². The number of hydrogen-bond donors (Lipinski definition) is 28. The third kappa shape index (κ3) is 37.0. The maximum absolute atomic E-state index is 15.7. The highest BCUT2D eigenvalue weighted by Gasteiger charge is 2.39. The van der Waals surface area contributed by atoms with Crippen LogP contribution in [0.3, 0.4) is 0 Å². The number of nitrogens with one attached hydrogen (secondary N) is 20. The zero-order valence-electron chi connectivity index (χ0n) is 74.8. The van der Waals surface area contributed by atoms with Crippen LogP contribution in [0.25, 0.3) is 21.8 Å². The molecule has 0 bridgehead atoms. The summed E-state index contributed by atoms with van der Waals surface area (Å²) in [5.41, 5.74) is 36.8. The monoisotopic (exact) mass is 1880 g/mol. The average Bonchev–Trinajstić information content (AvgIpc) is 1.67. The number of H-pyrrole nitrogens is 2. The van der Waals surface area contributed by atoms with Crippen molar-refractivity contribution in [1.82, 2.24) is 95.0 Å². The molecule has 3 heterocycles. The number of aliphatic hydroxyl groups excluding tert-OH is 1. The summed E-state index contributed by atoms with van der Waals surface area (Å²) >= 11 is 0.940. The highest BCUT2D eigenvalue weighted by Crippen LogP contribution is 2.24. The number of benzene rings is 4. The van der Waals surface area contributed by atoms with Crippen molar-refractivity contribution in [3.63, 3.8) is 0 Å². The third-order valence-electron chi connectivity index (χ3n) is 21.6. The molecular formula is C88H126N26O19S. The first-order chi connectivity index (χ1) is 64.1. The van der Waals surface area contributed by atoms with Gasteiger partial charge in [-0.1, -0.05) is 78.9 Å². The number of aromatic nitrogens is 2. The van der Waals surface area contributed by atoms with Gasteiger partial charge in [-0.25, -0.2) is 0 Å². The molecule has 1 saturated heterocycles. The van der Waals surface area contributed by atoms with Crippen LogP contribution in [-0.2, 0) is 107 Å². The quantitative estimate of drug-likeness (QED) is 0.00964. The van der Waals surface area contributed by atoms with Crippen LogP contribution in [0.2, 0.25) is 0 Å². The number of ether oxygens (including phenoxy) is 1. The van der Waals surface area contributed by atoms with Gasteiger partial charge in [0, 0.05) is 98.6 Å². The van der Waals surface area contributed by atoms with Gasteiger partial charge < -0.3 is 144 Å². The van der Waals surface area contributed by atoms with Crippen LogP contribution in [-0.4, -0.2) is 269 Å². The molecule has 134 heavy (non-hydrogen) atoms. The first-order valence-corrected chi connectivity index (χ1v) is 45.3. The number of primary amides is 2. The predicted octanol–water partition coefficient (Wildman–Crippen LogP) is -5.24. The summed E-state index contributed by atoms with van der Waals surface area (Å²) in [6.45, 7) is 1.52. The van der Waals surface area contributed by atoms with Crippen LogP contribution in [0.1, 0.15) is 120 Å². The van der Waals surface area contributed by atoms with Crippen molar-refractivity contribution in [3.05, 3.63) is 138 Å². The van der Waals surface area contributed by atoms with Gasteiger partial charge in [0.1, 0.15) is 84.9 Å². The Morgan fingerprint density at radius 2 is 1.01 bits per heavy atom. The number of amides is 16. The molecule has 34 N–H and O–H groups in total. The number of thioether (sulfide) groups is 1. The number of carbonyl (C=O) groups is 16. The lowest BCUT2D eigenvalue weighted by Gasteiger charge is -2.29. The van der Waals surface area contributed by atoms with Crippen molar-refractivity contribution in [1.29, 1.82) is 10.8 Å². The number of unbranched alkanes of at least 4 members (excludes halogenated alkanes) is 2. The van der Waals surface area contributed by atoms with E-state index >= 15 is 28.8 Å². The molecule has 0 radical (unpaired) electrons. The van der Waals surface area contributed by atoms with E-state index in [1.807, 2.05) is 0 Å². The Hall–Kier alpha value is -14.0. The molecule has 13 atom stereocenters. The Balaban J connectivity index is 1.22. The minimum Gasteiger partial charge on any atom is -0.508 e. The van der Waals surface area contributed by atoms with Crippen molar-refractivity contribution >= 4 is 140 Å². The van der Waals surface area contributed by atoms with Crippen LogP contribution in [0.15, 0.2) is 116 Å². The van der Waals surface area contributed by atoms with Gasteiger partial charge in [-0.05, 0) is 149 Å². The smallest absolute Gasteiger partial charge is 0.246 e. The lowest BCUT2D eigenvalue weighted by atomic mass is 10.0. The number of phenols is 1. The molecule has 1 fully saturated rings. The highest BCUT2D eigenvalue weighted by atomic mass is 32.2. The first kappa shape index (κ1) is 107. The molecule has 4 aromatic carbocycles. The molecule has 16 amide bonds. The number of para-hydroxylation sites is 2. The fourth-order valence-corrected chi connectivity index (χ4v) is 15.5. The van der Waals surface area contributed by atoms with Gasteiger partial charge in [-0.15, -0.1) is 0 Å². The molecule has 0 saturated carbocycles. The van der Waals surface area contributed by atoms with Crippen LogP contribution < -0.4 is 119 Å². The number of nitrogens with two attached hydrogens (primary N) is 6. The SMILES string of the molecule is CC(=O)N[C@H]1CCSC[C@@H](C(=O)N[C@@H](Cc2ccc(O)cc2)C(=O)N[C@@H](Cc2c[nH]c3ccccc23)C(=O)N[C@@H](CCCNC(=N)N)C(=O)N[C@@H](CCCCN)C(=O)N[C@@H](Cc2ccccc2)C(=O)NCC(=O)NCCOCC(=O)N[C@H](CCCCN)C(N)=O)NC(=O)[C@H](CCC(N)=O)NC(=O)[C@H](Cc2c[nH]c3ccccc23)NC(=O)[C@H]([C@@H](C)O)NC(=O)[C@H](CCCNC(=N)N)NC1=O. The number of phenolic OH excluding ortho intramolecular Hbond substituents is 1. The number of aliphatic hydroxyl groups is 1. The molecule has 45 nitrogen and oxygen atoms in total. The van der Waals surface area contributed by atoms with Gasteiger partial charge in [-0.2, -0.15) is 11.8 Å². The summed E-state index contributed by atoms with van der Waals surface area (Å²) in [5.74, 6) is -16.3. The Morgan fingerprint density at radius 3 is 1.60 bits per heavy atom. The van der Waals surface area contributed by atoms with E-state index in [9.17, 15) is 58.2 Å². The van der Waals surface area contributed by atoms with Crippen molar-refractivity contribution in [2.24, 2.45) is 34.4 Å². The average molecular weight is 1880 g/mol.